The lowest BCUT2D eigenvalue weighted by Gasteiger charge is -2.10. The molecule has 0 fully saturated rings. The third kappa shape index (κ3) is 3.95. The Hall–Kier alpha value is -2.93. The van der Waals surface area contributed by atoms with Crippen LogP contribution in [0.3, 0.4) is 0 Å². The van der Waals surface area contributed by atoms with Crippen molar-refractivity contribution in [3.8, 4) is 5.75 Å². The molecule has 2 aromatic heterocycles. The summed E-state index contributed by atoms with van der Waals surface area (Å²) in [6.45, 7) is 3.52. The second-order valence-electron chi connectivity index (χ2n) is 5.38. The van der Waals surface area contributed by atoms with E-state index in [1.807, 2.05) is 31.2 Å². The van der Waals surface area contributed by atoms with Crippen LogP contribution < -0.4 is 15.6 Å². The first-order valence-corrected chi connectivity index (χ1v) is 8.06. The Morgan fingerprint density at radius 1 is 1.12 bits per heavy atom. The van der Waals surface area contributed by atoms with E-state index in [0.29, 0.717) is 31.4 Å². The first kappa shape index (κ1) is 16.9. The van der Waals surface area contributed by atoms with Gasteiger partial charge < -0.3 is 14.8 Å². The Kier molecular flexibility index (Phi) is 5.25. The normalized spacial score (nSPS) is 10.8. The van der Waals surface area contributed by atoms with E-state index in [2.05, 4.69) is 15.3 Å². The van der Waals surface area contributed by atoms with E-state index in [1.165, 1.54) is 6.07 Å². The van der Waals surface area contributed by atoms with Crippen molar-refractivity contribution in [2.75, 3.05) is 25.6 Å². The molecular formula is C18H20N4O3. The Bertz CT molecular complexity index is 906. The van der Waals surface area contributed by atoms with Crippen LogP contribution in [-0.2, 0) is 11.3 Å². The topological polar surface area (TPSA) is 78.3 Å². The van der Waals surface area contributed by atoms with Crippen molar-refractivity contribution < 1.29 is 9.47 Å². The summed E-state index contributed by atoms with van der Waals surface area (Å²) in [4.78, 5) is 20.7. The monoisotopic (exact) mass is 340 g/mol. The molecule has 0 aliphatic heterocycles. The molecule has 2 heterocycles. The van der Waals surface area contributed by atoms with Crippen LogP contribution in [0.15, 0.2) is 47.4 Å². The van der Waals surface area contributed by atoms with E-state index in [9.17, 15) is 4.79 Å². The number of ether oxygens (including phenoxy) is 2. The minimum absolute atomic E-state index is 0.0720. The number of fused-ring (bicyclic) bond motifs is 1. The Morgan fingerprint density at radius 2 is 1.92 bits per heavy atom. The van der Waals surface area contributed by atoms with Crippen molar-refractivity contribution in [1.82, 2.24) is 14.5 Å². The smallest absolute Gasteiger partial charge is 0.252 e. The number of benzene rings is 1. The zero-order valence-corrected chi connectivity index (χ0v) is 14.2. The highest BCUT2D eigenvalue weighted by atomic mass is 16.5. The number of anilines is 2. The number of hydrogen-bond donors (Lipinski definition) is 1. The summed E-state index contributed by atoms with van der Waals surface area (Å²) in [7, 11) is 1.64. The number of aryl methyl sites for hydroxylation is 1. The average molecular weight is 340 g/mol. The molecule has 25 heavy (non-hydrogen) atoms. The largest absolute Gasteiger partial charge is 0.491 e. The molecule has 0 amide bonds. The van der Waals surface area contributed by atoms with E-state index >= 15 is 0 Å². The molecule has 3 rings (SSSR count). The molecule has 0 atom stereocenters. The van der Waals surface area contributed by atoms with Gasteiger partial charge in [-0.3, -0.25) is 9.36 Å². The Balaban J connectivity index is 1.79. The van der Waals surface area contributed by atoms with Crippen LogP contribution in [0.1, 0.15) is 6.92 Å². The lowest BCUT2D eigenvalue weighted by atomic mass is 10.3. The predicted octanol–water partition coefficient (Wildman–Crippen LogP) is 2.58. The third-order valence-corrected chi connectivity index (χ3v) is 3.71. The maximum atomic E-state index is 11.9. The minimum atomic E-state index is -0.0720. The fourth-order valence-electron chi connectivity index (χ4n) is 2.44. The van der Waals surface area contributed by atoms with E-state index in [4.69, 9.17) is 9.47 Å². The molecule has 0 aliphatic carbocycles. The van der Waals surface area contributed by atoms with Gasteiger partial charge in [0.15, 0.2) is 0 Å². The predicted molar refractivity (Wildman–Crippen MR) is 96.6 cm³/mol. The SMILES string of the molecule is CCn1c(=O)ccc2cnc(Nc3ccc(OCCOC)cc3)nc21. The molecule has 0 radical (unpaired) electrons. The molecule has 0 saturated heterocycles. The van der Waals surface area contributed by atoms with Gasteiger partial charge in [0.05, 0.1) is 6.61 Å². The van der Waals surface area contributed by atoms with E-state index < -0.39 is 0 Å². The number of methoxy groups -OCH3 is 1. The number of nitrogens with zero attached hydrogens (tertiary/aromatic N) is 3. The second kappa shape index (κ2) is 7.76. The lowest BCUT2D eigenvalue weighted by molar-refractivity contribution is 0.146. The van der Waals surface area contributed by atoms with Gasteiger partial charge in [-0.1, -0.05) is 0 Å². The van der Waals surface area contributed by atoms with E-state index in [1.54, 1.807) is 23.9 Å². The first-order valence-electron chi connectivity index (χ1n) is 8.06. The number of hydrogen-bond acceptors (Lipinski definition) is 6. The zero-order chi connectivity index (χ0) is 17.6. The van der Waals surface area contributed by atoms with E-state index in [-0.39, 0.29) is 5.56 Å². The summed E-state index contributed by atoms with van der Waals surface area (Å²) in [5.74, 6) is 1.20. The fraction of sp³-hybridized carbons (Fsp3) is 0.278. The average Bonchev–Trinajstić information content (AvgIpc) is 2.63. The van der Waals surface area contributed by atoms with Gasteiger partial charge in [-0.05, 0) is 37.3 Å². The Labute approximate surface area is 145 Å². The maximum Gasteiger partial charge on any atom is 0.252 e. The van der Waals surface area contributed by atoms with Crippen LogP contribution in [0.2, 0.25) is 0 Å². The molecular weight excluding hydrogens is 320 g/mol. The van der Waals surface area contributed by atoms with Gasteiger partial charge in [0, 0.05) is 37.0 Å². The molecule has 7 heteroatoms. The Morgan fingerprint density at radius 3 is 2.64 bits per heavy atom. The summed E-state index contributed by atoms with van der Waals surface area (Å²) in [6, 6.07) is 10.8. The summed E-state index contributed by atoms with van der Waals surface area (Å²) in [6.07, 6.45) is 1.71. The van der Waals surface area contributed by atoms with Crippen LogP contribution in [-0.4, -0.2) is 34.9 Å². The molecule has 1 N–H and O–H groups in total. The van der Waals surface area contributed by atoms with Crippen LogP contribution in [0.4, 0.5) is 11.6 Å². The van der Waals surface area contributed by atoms with Crippen LogP contribution in [0.5, 0.6) is 5.75 Å². The first-order chi connectivity index (χ1) is 12.2. The molecule has 0 aliphatic rings. The molecule has 0 bridgehead atoms. The van der Waals surface area contributed by atoms with Crippen LogP contribution in [0, 0.1) is 0 Å². The van der Waals surface area contributed by atoms with E-state index in [0.717, 1.165) is 16.8 Å². The van der Waals surface area contributed by atoms with Gasteiger partial charge in [-0.25, -0.2) is 4.98 Å². The number of nitrogens with one attached hydrogen (secondary N) is 1. The maximum absolute atomic E-state index is 11.9. The van der Waals surface area contributed by atoms with Crippen molar-refractivity contribution in [3.05, 3.63) is 52.9 Å². The second-order valence-corrected chi connectivity index (χ2v) is 5.38. The van der Waals surface area contributed by atoms with Crippen molar-refractivity contribution in [2.24, 2.45) is 0 Å². The van der Waals surface area contributed by atoms with Gasteiger partial charge in [0.25, 0.3) is 5.56 Å². The van der Waals surface area contributed by atoms with Crippen LogP contribution in [0.25, 0.3) is 11.0 Å². The number of rotatable bonds is 7. The molecule has 0 spiro atoms. The van der Waals surface area contributed by atoms with Gasteiger partial charge >= 0.3 is 0 Å². The van der Waals surface area contributed by atoms with Crippen molar-refractivity contribution >= 4 is 22.7 Å². The minimum Gasteiger partial charge on any atom is -0.491 e. The van der Waals surface area contributed by atoms with Gasteiger partial charge in [-0.2, -0.15) is 4.98 Å². The summed E-state index contributed by atoms with van der Waals surface area (Å²) in [5.41, 5.74) is 1.38. The van der Waals surface area contributed by atoms with Gasteiger partial charge in [0.1, 0.15) is 18.0 Å². The summed E-state index contributed by atoms with van der Waals surface area (Å²) in [5, 5.41) is 3.97. The van der Waals surface area contributed by atoms with Crippen molar-refractivity contribution in [3.63, 3.8) is 0 Å². The zero-order valence-electron chi connectivity index (χ0n) is 14.2. The molecule has 7 nitrogen and oxygen atoms in total. The highest BCUT2D eigenvalue weighted by molar-refractivity contribution is 5.75. The quantitative estimate of drug-likeness (QED) is 0.666. The third-order valence-electron chi connectivity index (χ3n) is 3.71. The highest BCUT2D eigenvalue weighted by Gasteiger charge is 2.06. The van der Waals surface area contributed by atoms with Gasteiger partial charge in [0.2, 0.25) is 5.95 Å². The highest BCUT2D eigenvalue weighted by Crippen LogP contribution is 2.19. The lowest BCUT2D eigenvalue weighted by Crippen LogP contribution is -2.19. The standard InChI is InChI=1S/C18H20N4O3/c1-3-22-16(23)9-4-13-12-19-18(21-17(13)22)20-14-5-7-15(8-6-14)25-11-10-24-2/h4-9,12H,3,10-11H2,1-2H3,(H,19,20,21). The number of pyridine rings is 1. The summed E-state index contributed by atoms with van der Waals surface area (Å²) >= 11 is 0. The molecule has 1 aromatic carbocycles. The molecule has 0 saturated carbocycles. The van der Waals surface area contributed by atoms with Crippen molar-refractivity contribution in [1.29, 1.82) is 0 Å². The molecule has 130 valence electrons. The molecule has 0 unspecified atom stereocenters. The van der Waals surface area contributed by atoms with Crippen molar-refractivity contribution in [2.45, 2.75) is 13.5 Å². The summed E-state index contributed by atoms with van der Waals surface area (Å²) < 4.78 is 12.1. The fourth-order valence-corrected chi connectivity index (χ4v) is 2.44. The van der Waals surface area contributed by atoms with Crippen LogP contribution >= 0.6 is 0 Å². The number of aromatic nitrogens is 3. The molecule has 3 aromatic rings. The van der Waals surface area contributed by atoms with Gasteiger partial charge in [-0.15, -0.1) is 0 Å².